The molecular weight excluding hydrogens is 460 g/mol. The summed E-state index contributed by atoms with van der Waals surface area (Å²) in [6.07, 6.45) is 0. The standard InChI is InChI=1S/C27H26N4O3S/c1-5-33-21-12-10-20(11-13-21)31-18(4)23(26-29-25(30-34-26)22-7-6-14-35-22)24(28-27(31)32)19-9-8-16(2)17(3)15-19/h6-15,24H,5H2,1-4H3,(H,28,32). The van der Waals surface area contributed by atoms with Crippen LogP contribution in [0.5, 0.6) is 5.75 Å². The number of hydrogen-bond acceptors (Lipinski definition) is 6. The van der Waals surface area contributed by atoms with Crippen molar-refractivity contribution in [2.75, 3.05) is 11.5 Å². The van der Waals surface area contributed by atoms with E-state index in [9.17, 15) is 4.79 Å². The van der Waals surface area contributed by atoms with E-state index in [1.807, 2.05) is 61.7 Å². The van der Waals surface area contributed by atoms with Crippen molar-refractivity contribution in [2.24, 2.45) is 0 Å². The average Bonchev–Trinajstić information content (AvgIpc) is 3.54. The number of thiophene rings is 1. The molecule has 5 rings (SSSR count). The first-order valence-electron chi connectivity index (χ1n) is 11.5. The summed E-state index contributed by atoms with van der Waals surface area (Å²) in [5, 5.41) is 9.36. The van der Waals surface area contributed by atoms with Gasteiger partial charge in [-0.2, -0.15) is 4.98 Å². The monoisotopic (exact) mass is 486 g/mol. The fourth-order valence-corrected chi connectivity index (χ4v) is 4.87. The number of carbonyl (C=O) groups is 1. The number of rotatable bonds is 6. The van der Waals surface area contributed by atoms with Crippen molar-refractivity contribution in [3.63, 3.8) is 0 Å². The Morgan fingerprint density at radius 2 is 1.89 bits per heavy atom. The van der Waals surface area contributed by atoms with Crippen LogP contribution in [0.15, 0.2) is 70.2 Å². The van der Waals surface area contributed by atoms with Crippen molar-refractivity contribution >= 4 is 28.6 Å². The summed E-state index contributed by atoms with van der Waals surface area (Å²) in [7, 11) is 0. The second-order valence-electron chi connectivity index (χ2n) is 8.39. The first-order chi connectivity index (χ1) is 17.0. The molecule has 35 heavy (non-hydrogen) atoms. The van der Waals surface area contributed by atoms with Crippen molar-refractivity contribution in [3.8, 4) is 16.5 Å². The number of hydrogen-bond donors (Lipinski definition) is 1. The normalized spacial score (nSPS) is 15.9. The molecule has 0 radical (unpaired) electrons. The minimum atomic E-state index is -0.433. The number of nitrogens with one attached hydrogen (secondary N) is 1. The number of anilines is 1. The molecule has 0 fully saturated rings. The lowest BCUT2D eigenvalue weighted by atomic mass is 9.92. The third kappa shape index (κ3) is 4.33. The predicted molar refractivity (Wildman–Crippen MR) is 137 cm³/mol. The van der Waals surface area contributed by atoms with Gasteiger partial charge in [0.25, 0.3) is 5.89 Å². The third-order valence-electron chi connectivity index (χ3n) is 6.15. The molecular formula is C27H26N4O3S. The summed E-state index contributed by atoms with van der Waals surface area (Å²) >= 11 is 1.55. The molecule has 1 atom stereocenters. The lowest BCUT2D eigenvalue weighted by Gasteiger charge is -2.35. The molecule has 0 saturated heterocycles. The van der Waals surface area contributed by atoms with Crippen LogP contribution in [0.1, 0.15) is 42.5 Å². The lowest BCUT2D eigenvalue weighted by molar-refractivity contribution is 0.244. The van der Waals surface area contributed by atoms with E-state index in [4.69, 9.17) is 14.2 Å². The van der Waals surface area contributed by atoms with Crippen LogP contribution in [0.4, 0.5) is 10.5 Å². The van der Waals surface area contributed by atoms with E-state index in [0.29, 0.717) is 18.3 Å². The number of benzene rings is 2. The first-order valence-corrected chi connectivity index (χ1v) is 12.3. The van der Waals surface area contributed by atoms with Gasteiger partial charge in [0.15, 0.2) is 0 Å². The Balaban J connectivity index is 1.63. The Hall–Kier alpha value is -3.91. The Labute approximate surface area is 208 Å². The number of aryl methyl sites for hydroxylation is 2. The Morgan fingerprint density at radius 1 is 1.09 bits per heavy atom. The first kappa shape index (κ1) is 22.9. The summed E-state index contributed by atoms with van der Waals surface area (Å²) in [5.74, 6) is 1.66. The summed E-state index contributed by atoms with van der Waals surface area (Å²) in [6, 6.07) is 16.9. The molecule has 4 aromatic rings. The number of nitrogens with zero attached hydrogens (tertiary/aromatic N) is 3. The van der Waals surface area contributed by atoms with Gasteiger partial charge in [0.1, 0.15) is 5.75 Å². The molecule has 3 heterocycles. The maximum absolute atomic E-state index is 13.4. The molecule has 7 nitrogen and oxygen atoms in total. The largest absolute Gasteiger partial charge is 0.494 e. The van der Waals surface area contributed by atoms with Crippen LogP contribution in [-0.2, 0) is 0 Å². The molecule has 0 bridgehead atoms. The molecule has 1 aliphatic rings. The van der Waals surface area contributed by atoms with Crippen LogP contribution >= 0.6 is 11.3 Å². The lowest BCUT2D eigenvalue weighted by Crippen LogP contribution is -2.46. The zero-order valence-corrected chi connectivity index (χ0v) is 20.8. The number of ether oxygens (including phenoxy) is 1. The molecule has 2 aromatic carbocycles. The van der Waals surface area contributed by atoms with Gasteiger partial charge in [-0.15, -0.1) is 11.3 Å². The van der Waals surface area contributed by atoms with Crippen molar-refractivity contribution in [1.29, 1.82) is 0 Å². The van der Waals surface area contributed by atoms with E-state index in [0.717, 1.165) is 38.7 Å². The number of allylic oxidation sites excluding steroid dienone is 1. The number of urea groups is 1. The van der Waals surface area contributed by atoms with E-state index in [-0.39, 0.29) is 6.03 Å². The number of amides is 2. The van der Waals surface area contributed by atoms with Gasteiger partial charge in [-0.3, -0.25) is 4.90 Å². The van der Waals surface area contributed by atoms with Gasteiger partial charge in [0, 0.05) is 5.70 Å². The van der Waals surface area contributed by atoms with Crippen molar-refractivity contribution < 1.29 is 14.1 Å². The van der Waals surface area contributed by atoms with E-state index >= 15 is 0 Å². The smallest absolute Gasteiger partial charge is 0.326 e. The highest BCUT2D eigenvalue weighted by molar-refractivity contribution is 7.13. The second-order valence-corrected chi connectivity index (χ2v) is 9.34. The minimum absolute atomic E-state index is 0.225. The van der Waals surface area contributed by atoms with Crippen LogP contribution in [0.25, 0.3) is 16.3 Å². The van der Waals surface area contributed by atoms with Gasteiger partial charge in [-0.05, 0) is 80.1 Å². The molecule has 8 heteroatoms. The van der Waals surface area contributed by atoms with Gasteiger partial charge >= 0.3 is 6.03 Å². The summed E-state index contributed by atoms with van der Waals surface area (Å²) in [5.41, 5.74) is 5.49. The summed E-state index contributed by atoms with van der Waals surface area (Å²) in [4.78, 5) is 20.7. The quantitative estimate of drug-likeness (QED) is 0.336. The fraction of sp³-hybridized carbons (Fsp3) is 0.222. The Kier molecular flexibility index (Phi) is 6.13. The molecule has 2 aromatic heterocycles. The Morgan fingerprint density at radius 3 is 2.57 bits per heavy atom. The highest BCUT2D eigenvalue weighted by Crippen LogP contribution is 2.40. The van der Waals surface area contributed by atoms with Gasteiger partial charge < -0.3 is 14.6 Å². The van der Waals surface area contributed by atoms with Gasteiger partial charge in [-0.1, -0.05) is 29.4 Å². The maximum Gasteiger partial charge on any atom is 0.326 e. The number of carbonyl (C=O) groups excluding carboxylic acids is 1. The molecule has 2 amide bonds. The molecule has 0 saturated carbocycles. The van der Waals surface area contributed by atoms with Crippen molar-refractivity contribution in [3.05, 3.63) is 88.3 Å². The van der Waals surface area contributed by atoms with E-state index < -0.39 is 6.04 Å². The van der Waals surface area contributed by atoms with Crippen LogP contribution in [0.3, 0.4) is 0 Å². The van der Waals surface area contributed by atoms with Crippen LogP contribution < -0.4 is 15.0 Å². The van der Waals surface area contributed by atoms with E-state index in [2.05, 4.69) is 36.5 Å². The molecule has 1 unspecified atom stereocenters. The van der Waals surface area contributed by atoms with Crippen molar-refractivity contribution in [2.45, 2.75) is 33.7 Å². The van der Waals surface area contributed by atoms with Gasteiger partial charge in [0.2, 0.25) is 5.82 Å². The minimum Gasteiger partial charge on any atom is -0.494 e. The van der Waals surface area contributed by atoms with Crippen LogP contribution in [0.2, 0.25) is 0 Å². The van der Waals surface area contributed by atoms with Crippen molar-refractivity contribution in [1.82, 2.24) is 15.5 Å². The van der Waals surface area contributed by atoms with E-state index in [1.54, 1.807) is 16.2 Å². The molecule has 178 valence electrons. The summed E-state index contributed by atoms with van der Waals surface area (Å²) in [6.45, 7) is 8.56. The van der Waals surface area contributed by atoms with Crippen LogP contribution in [-0.4, -0.2) is 22.8 Å². The van der Waals surface area contributed by atoms with Crippen LogP contribution in [0, 0.1) is 13.8 Å². The van der Waals surface area contributed by atoms with Gasteiger partial charge in [0.05, 0.1) is 28.8 Å². The zero-order chi connectivity index (χ0) is 24.5. The molecule has 0 aliphatic carbocycles. The third-order valence-corrected chi connectivity index (χ3v) is 7.02. The maximum atomic E-state index is 13.4. The topological polar surface area (TPSA) is 80.5 Å². The summed E-state index contributed by atoms with van der Waals surface area (Å²) < 4.78 is 11.3. The zero-order valence-electron chi connectivity index (χ0n) is 20.0. The SMILES string of the molecule is CCOc1ccc(N2C(=O)NC(c3ccc(C)c(C)c3)C(c3nc(-c4cccs4)no3)=C2C)cc1. The highest BCUT2D eigenvalue weighted by atomic mass is 32.1. The highest BCUT2D eigenvalue weighted by Gasteiger charge is 2.36. The Bertz CT molecular complexity index is 1390. The molecule has 1 aliphatic heterocycles. The predicted octanol–water partition coefficient (Wildman–Crippen LogP) is 6.52. The fourth-order valence-electron chi connectivity index (χ4n) is 4.22. The number of aromatic nitrogens is 2. The van der Waals surface area contributed by atoms with Gasteiger partial charge in [-0.25, -0.2) is 4.79 Å². The molecule has 1 N–H and O–H groups in total. The molecule has 0 spiro atoms. The second kappa shape index (κ2) is 9.38. The van der Waals surface area contributed by atoms with E-state index in [1.165, 1.54) is 5.56 Å². The average molecular weight is 487 g/mol.